The van der Waals surface area contributed by atoms with Gasteiger partial charge >= 0.3 is 0 Å². The Labute approximate surface area is 81.2 Å². The quantitative estimate of drug-likeness (QED) is 0.498. The van der Waals surface area contributed by atoms with Crippen LogP contribution >= 0.6 is 11.6 Å². The van der Waals surface area contributed by atoms with E-state index in [-0.39, 0.29) is 6.04 Å². The molecule has 0 aromatic heterocycles. The SMILES string of the molecule is O=C=NC1CCc2ccc(Cl)cc21. The molecular formula is C10H8ClNO. The Morgan fingerprint density at radius 1 is 1.54 bits per heavy atom. The molecule has 13 heavy (non-hydrogen) atoms. The number of rotatable bonds is 1. The molecule has 0 saturated heterocycles. The molecule has 0 heterocycles. The predicted molar refractivity (Wildman–Crippen MR) is 50.6 cm³/mol. The predicted octanol–water partition coefficient (Wildman–Crippen LogP) is 2.66. The van der Waals surface area contributed by atoms with Crippen LogP contribution < -0.4 is 0 Å². The molecule has 1 atom stereocenters. The molecule has 0 spiro atoms. The van der Waals surface area contributed by atoms with Crippen LogP contribution in [0.1, 0.15) is 23.6 Å². The van der Waals surface area contributed by atoms with Crippen LogP contribution in [0, 0.1) is 0 Å². The van der Waals surface area contributed by atoms with Crippen LogP contribution in [-0.2, 0) is 11.2 Å². The molecule has 1 aliphatic rings. The van der Waals surface area contributed by atoms with Crippen molar-refractivity contribution in [2.45, 2.75) is 18.9 Å². The number of aliphatic imine (C=N–C) groups is 1. The second-order valence-electron chi connectivity index (χ2n) is 3.12. The fourth-order valence-corrected chi connectivity index (χ4v) is 1.93. The lowest BCUT2D eigenvalue weighted by Crippen LogP contribution is -1.87. The van der Waals surface area contributed by atoms with Gasteiger partial charge in [0.15, 0.2) is 0 Å². The number of hydrogen-bond donors (Lipinski definition) is 0. The maximum Gasteiger partial charge on any atom is 0.235 e. The summed E-state index contributed by atoms with van der Waals surface area (Å²) < 4.78 is 0. The second kappa shape index (κ2) is 3.33. The van der Waals surface area contributed by atoms with Crippen molar-refractivity contribution < 1.29 is 4.79 Å². The largest absolute Gasteiger partial charge is 0.235 e. The highest BCUT2D eigenvalue weighted by atomic mass is 35.5. The fourth-order valence-electron chi connectivity index (χ4n) is 1.75. The minimum atomic E-state index is -0.0220. The second-order valence-corrected chi connectivity index (χ2v) is 3.55. The molecule has 1 aromatic rings. The molecular weight excluding hydrogens is 186 g/mol. The first-order valence-electron chi connectivity index (χ1n) is 4.16. The third kappa shape index (κ3) is 1.51. The molecule has 66 valence electrons. The van der Waals surface area contributed by atoms with Crippen molar-refractivity contribution in [1.82, 2.24) is 0 Å². The molecule has 3 heteroatoms. The standard InChI is InChI=1S/C10H8ClNO/c11-8-3-1-7-2-4-10(12-6-13)9(7)5-8/h1,3,5,10H,2,4H2. The average molecular weight is 194 g/mol. The van der Waals surface area contributed by atoms with Gasteiger partial charge in [0.05, 0.1) is 6.04 Å². The van der Waals surface area contributed by atoms with E-state index < -0.39 is 0 Å². The first kappa shape index (κ1) is 8.49. The lowest BCUT2D eigenvalue weighted by molar-refractivity contribution is 0.557. The number of halogens is 1. The molecule has 2 rings (SSSR count). The van der Waals surface area contributed by atoms with Gasteiger partial charge in [-0.25, -0.2) is 4.79 Å². The third-order valence-electron chi connectivity index (χ3n) is 2.36. The lowest BCUT2D eigenvalue weighted by Gasteiger charge is -2.03. The smallest absolute Gasteiger partial charge is 0.211 e. The number of carbonyl (C=O) groups excluding carboxylic acids is 1. The van der Waals surface area contributed by atoms with Crippen LogP contribution in [0.25, 0.3) is 0 Å². The van der Waals surface area contributed by atoms with E-state index in [0.717, 1.165) is 18.4 Å². The van der Waals surface area contributed by atoms with E-state index in [1.165, 1.54) is 5.56 Å². The van der Waals surface area contributed by atoms with E-state index in [9.17, 15) is 4.79 Å². The van der Waals surface area contributed by atoms with Crippen LogP contribution in [0.5, 0.6) is 0 Å². The number of nitrogens with zero attached hydrogens (tertiary/aromatic N) is 1. The summed E-state index contributed by atoms with van der Waals surface area (Å²) in [6.45, 7) is 0. The average Bonchev–Trinajstić information content (AvgIpc) is 2.49. The van der Waals surface area contributed by atoms with Crippen LogP contribution in [0.4, 0.5) is 0 Å². The molecule has 0 saturated carbocycles. The van der Waals surface area contributed by atoms with Crippen molar-refractivity contribution in [1.29, 1.82) is 0 Å². The maximum absolute atomic E-state index is 10.1. The summed E-state index contributed by atoms with van der Waals surface area (Å²) in [6, 6.07) is 5.73. The summed E-state index contributed by atoms with van der Waals surface area (Å²) in [5.41, 5.74) is 2.32. The minimum Gasteiger partial charge on any atom is -0.211 e. The van der Waals surface area contributed by atoms with Gasteiger partial charge < -0.3 is 0 Å². The summed E-state index contributed by atoms with van der Waals surface area (Å²) in [7, 11) is 0. The van der Waals surface area contributed by atoms with Gasteiger partial charge in [-0.1, -0.05) is 17.7 Å². The van der Waals surface area contributed by atoms with Crippen LogP contribution in [0.3, 0.4) is 0 Å². The highest BCUT2D eigenvalue weighted by Crippen LogP contribution is 2.35. The molecule has 1 unspecified atom stereocenters. The van der Waals surface area contributed by atoms with E-state index >= 15 is 0 Å². The summed E-state index contributed by atoms with van der Waals surface area (Å²) in [5, 5.41) is 0.701. The minimum absolute atomic E-state index is 0.0220. The van der Waals surface area contributed by atoms with E-state index in [0.29, 0.717) is 5.02 Å². The van der Waals surface area contributed by atoms with Gasteiger partial charge in [-0.3, -0.25) is 0 Å². The first-order valence-corrected chi connectivity index (χ1v) is 4.54. The lowest BCUT2D eigenvalue weighted by atomic mass is 10.1. The van der Waals surface area contributed by atoms with Crippen LogP contribution in [-0.4, -0.2) is 6.08 Å². The third-order valence-corrected chi connectivity index (χ3v) is 2.60. The Morgan fingerprint density at radius 3 is 3.15 bits per heavy atom. The van der Waals surface area contributed by atoms with Crippen molar-refractivity contribution in [2.75, 3.05) is 0 Å². The van der Waals surface area contributed by atoms with Crippen LogP contribution in [0.15, 0.2) is 23.2 Å². The van der Waals surface area contributed by atoms with Crippen molar-refractivity contribution in [3.63, 3.8) is 0 Å². The monoisotopic (exact) mass is 193 g/mol. The van der Waals surface area contributed by atoms with E-state index in [1.54, 1.807) is 6.08 Å². The van der Waals surface area contributed by atoms with Gasteiger partial charge in [-0.15, -0.1) is 0 Å². The zero-order chi connectivity index (χ0) is 9.26. The molecule has 1 aromatic carbocycles. The van der Waals surface area contributed by atoms with Gasteiger partial charge in [-0.05, 0) is 36.1 Å². The molecule has 0 bridgehead atoms. The Kier molecular flexibility index (Phi) is 2.17. The fraction of sp³-hybridized carbons (Fsp3) is 0.300. The highest BCUT2D eigenvalue weighted by molar-refractivity contribution is 6.30. The zero-order valence-corrected chi connectivity index (χ0v) is 7.71. The van der Waals surface area contributed by atoms with Gasteiger partial charge in [0.25, 0.3) is 0 Å². The number of hydrogen-bond acceptors (Lipinski definition) is 2. The van der Waals surface area contributed by atoms with Crippen LogP contribution in [0.2, 0.25) is 5.02 Å². The summed E-state index contributed by atoms with van der Waals surface area (Å²) >= 11 is 5.85. The van der Waals surface area contributed by atoms with Crippen molar-refractivity contribution in [3.05, 3.63) is 34.3 Å². The van der Waals surface area contributed by atoms with E-state index in [2.05, 4.69) is 4.99 Å². The number of benzene rings is 1. The topological polar surface area (TPSA) is 29.4 Å². The Bertz CT molecular complexity index is 383. The van der Waals surface area contributed by atoms with E-state index in [4.69, 9.17) is 11.6 Å². The molecule has 0 fully saturated rings. The number of fused-ring (bicyclic) bond motifs is 1. The summed E-state index contributed by atoms with van der Waals surface area (Å²) in [4.78, 5) is 13.9. The Balaban J connectivity index is 2.45. The van der Waals surface area contributed by atoms with Gasteiger partial charge in [0.1, 0.15) is 0 Å². The van der Waals surface area contributed by atoms with Crippen molar-refractivity contribution in [3.8, 4) is 0 Å². The maximum atomic E-state index is 10.1. The normalized spacial score (nSPS) is 19.3. The van der Waals surface area contributed by atoms with Crippen molar-refractivity contribution >= 4 is 17.7 Å². The van der Waals surface area contributed by atoms with Gasteiger partial charge in [-0.2, -0.15) is 4.99 Å². The van der Waals surface area contributed by atoms with Gasteiger partial charge in [0, 0.05) is 5.02 Å². The highest BCUT2D eigenvalue weighted by Gasteiger charge is 2.21. The Hall–Kier alpha value is -1.11. The molecule has 0 aliphatic heterocycles. The number of isocyanates is 1. The Morgan fingerprint density at radius 2 is 2.38 bits per heavy atom. The molecule has 1 aliphatic carbocycles. The van der Waals surface area contributed by atoms with Gasteiger partial charge in [0.2, 0.25) is 6.08 Å². The summed E-state index contributed by atoms with van der Waals surface area (Å²) in [5.74, 6) is 0. The summed E-state index contributed by atoms with van der Waals surface area (Å²) in [6.07, 6.45) is 3.47. The molecule has 2 nitrogen and oxygen atoms in total. The zero-order valence-electron chi connectivity index (χ0n) is 6.96. The first-order chi connectivity index (χ1) is 6.31. The van der Waals surface area contributed by atoms with Crippen molar-refractivity contribution in [2.24, 2.45) is 4.99 Å². The molecule has 0 amide bonds. The van der Waals surface area contributed by atoms with E-state index in [1.807, 2.05) is 18.2 Å². The number of aryl methyl sites for hydroxylation is 1. The molecule has 0 N–H and O–H groups in total. The molecule has 0 radical (unpaired) electrons.